The number of methoxy groups -OCH3 is 1. The van der Waals surface area contributed by atoms with E-state index in [9.17, 15) is 4.79 Å². The minimum Gasteiger partial charge on any atom is -0.468 e. The Balaban J connectivity index is 2.32. The van der Waals surface area contributed by atoms with Gasteiger partial charge in [0.25, 0.3) is 0 Å². The summed E-state index contributed by atoms with van der Waals surface area (Å²) in [6.45, 7) is 2.02. The zero-order valence-corrected chi connectivity index (χ0v) is 11.3. The SMILES string of the molecule is CCc1nc(C(C(=O)OC)C2CCCC2)n(C)n1. The lowest BCUT2D eigenvalue weighted by molar-refractivity contribution is -0.144. The van der Waals surface area contributed by atoms with Crippen LogP contribution >= 0.6 is 0 Å². The maximum atomic E-state index is 12.0. The molecule has 100 valence electrons. The molecule has 1 heterocycles. The van der Waals surface area contributed by atoms with Crippen molar-refractivity contribution >= 4 is 5.97 Å². The number of carbonyl (C=O) groups excluding carboxylic acids is 1. The second-order valence-electron chi connectivity index (χ2n) is 4.91. The highest BCUT2D eigenvalue weighted by atomic mass is 16.5. The summed E-state index contributed by atoms with van der Waals surface area (Å²) in [6.07, 6.45) is 5.32. The molecule has 5 heteroatoms. The van der Waals surface area contributed by atoms with Gasteiger partial charge in [-0.1, -0.05) is 19.8 Å². The number of rotatable bonds is 4. The van der Waals surface area contributed by atoms with Crippen LogP contribution in [0.25, 0.3) is 0 Å². The summed E-state index contributed by atoms with van der Waals surface area (Å²) >= 11 is 0. The Morgan fingerprint density at radius 1 is 1.50 bits per heavy atom. The van der Waals surface area contributed by atoms with Gasteiger partial charge in [0.2, 0.25) is 0 Å². The van der Waals surface area contributed by atoms with Gasteiger partial charge < -0.3 is 4.74 Å². The second kappa shape index (κ2) is 5.50. The van der Waals surface area contributed by atoms with Crippen molar-refractivity contribution in [3.8, 4) is 0 Å². The molecule has 0 aliphatic heterocycles. The molecule has 1 atom stereocenters. The number of nitrogens with zero attached hydrogens (tertiary/aromatic N) is 3. The third-order valence-electron chi connectivity index (χ3n) is 3.76. The molecule has 1 unspecified atom stereocenters. The average molecular weight is 251 g/mol. The molecule has 0 bridgehead atoms. The molecule has 1 aliphatic rings. The summed E-state index contributed by atoms with van der Waals surface area (Å²) < 4.78 is 6.69. The number of carbonyl (C=O) groups is 1. The van der Waals surface area contributed by atoms with E-state index in [0.29, 0.717) is 5.92 Å². The van der Waals surface area contributed by atoms with E-state index in [0.717, 1.165) is 30.9 Å². The minimum absolute atomic E-state index is 0.181. The topological polar surface area (TPSA) is 57.0 Å². The van der Waals surface area contributed by atoms with Crippen molar-refractivity contribution in [1.82, 2.24) is 14.8 Å². The van der Waals surface area contributed by atoms with Gasteiger partial charge in [0.15, 0.2) is 5.82 Å². The zero-order valence-electron chi connectivity index (χ0n) is 11.3. The number of aromatic nitrogens is 3. The van der Waals surface area contributed by atoms with Crippen molar-refractivity contribution in [2.75, 3.05) is 7.11 Å². The molecular weight excluding hydrogens is 230 g/mol. The van der Waals surface area contributed by atoms with Gasteiger partial charge >= 0.3 is 5.97 Å². The first kappa shape index (κ1) is 13.1. The number of hydrogen-bond acceptors (Lipinski definition) is 4. The maximum absolute atomic E-state index is 12.0. The van der Waals surface area contributed by atoms with Crippen LogP contribution in [0.1, 0.15) is 50.2 Å². The Bertz CT molecular complexity index is 422. The average Bonchev–Trinajstić information content (AvgIpc) is 3.00. The van der Waals surface area contributed by atoms with Crippen molar-refractivity contribution < 1.29 is 9.53 Å². The van der Waals surface area contributed by atoms with E-state index >= 15 is 0 Å². The molecule has 1 aromatic heterocycles. The quantitative estimate of drug-likeness (QED) is 0.766. The number of hydrogen-bond donors (Lipinski definition) is 0. The Hall–Kier alpha value is -1.39. The Labute approximate surface area is 108 Å². The van der Waals surface area contributed by atoms with E-state index in [2.05, 4.69) is 10.1 Å². The summed E-state index contributed by atoms with van der Waals surface area (Å²) in [4.78, 5) is 16.5. The summed E-state index contributed by atoms with van der Waals surface area (Å²) in [5.41, 5.74) is 0. The van der Waals surface area contributed by atoms with E-state index in [1.54, 1.807) is 4.68 Å². The van der Waals surface area contributed by atoms with Crippen LogP contribution in [0.2, 0.25) is 0 Å². The highest BCUT2D eigenvalue weighted by molar-refractivity contribution is 5.77. The van der Waals surface area contributed by atoms with Crippen LogP contribution < -0.4 is 0 Å². The smallest absolute Gasteiger partial charge is 0.316 e. The predicted octanol–water partition coefficient (Wildman–Crippen LogP) is 1.82. The maximum Gasteiger partial charge on any atom is 0.316 e. The van der Waals surface area contributed by atoms with Crippen LogP contribution in [-0.4, -0.2) is 27.8 Å². The van der Waals surface area contributed by atoms with Crippen molar-refractivity contribution in [1.29, 1.82) is 0 Å². The molecule has 0 aromatic carbocycles. The fourth-order valence-corrected chi connectivity index (χ4v) is 2.80. The van der Waals surface area contributed by atoms with Gasteiger partial charge in [-0.05, 0) is 18.8 Å². The van der Waals surface area contributed by atoms with Gasteiger partial charge in [-0.25, -0.2) is 4.98 Å². The summed E-state index contributed by atoms with van der Waals surface area (Å²) in [5, 5.41) is 4.34. The highest BCUT2D eigenvalue weighted by Crippen LogP contribution is 2.37. The van der Waals surface area contributed by atoms with Crippen LogP contribution in [-0.2, 0) is 23.0 Å². The summed E-state index contributed by atoms with van der Waals surface area (Å²) in [6, 6.07) is 0. The zero-order chi connectivity index (χ0) is 13.1. The summed E-state index contributed by atoms with van der Waals surface area (Å²) in [5.74, 6) is 1.46. The Morgan fingerprint density at radius 2 is 2.17 bits per heavy atom. The molecule has 1 saturated carbocycles. The first-order valence-electron chi connectivity index (χ1n) is 6.65. The molecule has 0 N–H and O–H groups in total. The molecule has 5 nitrogen and oxygen atoms in total. The van der Waals surface area contributed by atoms with E-state index in [1.807, 2.05) is 14.0 Å². The largest absolute Gasteiger partial charge is 0.468 e. The third-order valence-corrected chi connectivity index (χ3v) is 3.76. The molecular formula is C13H21N3O2. The molecule has 0 spiro atoms. The standard InChI is InChI=1S/C13H21N3O2/c1-4-10-14-12(16(2)15-10)11(13(17)18-3)9-7-5-6-8-9/h9,11H,4-8H2,1-3H3. The lowest BCUT2D eigenvalue weighted by Gasteiger charge is -2.19. The minimum atomic E-state index is -0.254. The highest BCUT2D eigenvalue weighted by Gasteiger charge is 2.36. The molecule has 1 aliphatic carbocycles. The van der Waals surface area contributed by atoms with Gasteiger partial charge in [0.1, 0.15) is 11.7 Å². The van der Waals surface area contributed by atoms with E-state index in [1.165, 1.54) is 20.0 Å². The van der Waals surface area contributed by atoms with Crippen LogP contribution in [0.4, 0.5) is 0 Å². The molecule has 0 saturated heterocycles. The fraction of sp³-hybridized carbons (Fsp3) is 0.769. The molecule has 1 fully saturated rings. The molecule has 2 rings (SSSR count). The van der Waals surface area contributed by atoms with Gasteiger partial charge in [-0.15, -0.1) is 0 Å². The molecule has 0 amide bonds. The van der Waals surface area contributed by atoms with Gasteiger partial charge in [0.05, 0.1) is 7.11 Å². The van der Waals surface area contributed by atoms with Gasteiger partial charge in [0, 0.05) is 13.5 Å². The Kier molecular flexibility index (Phi) is 3.99. The third kappa shape index (κ3) is 2.40. The van der Waals surface area contributed by atoms with E-state index in [4.69, 9.17) is 4.74 Å². The summed E-state index contributed by atoms with van der Waals surface area (Å²) in [7, 11) is 3.30. The van der Waals surface area contributed by atoms with Gasteiger partial charge in [-0.3, -0.25) is 9.48 Å². The molecule has 1 aromatic rings. The van der Waals surface area contributed by atoms with E-state index < -0.39 is 0 Å². The number of ether oxygens (including phenoxy) is 1. The number of esters is 1. The first-order valence-corrected chi connectivity index (χ1v) is 6.65. The van der Waals surface area contributed by atoms with Crippen LogP contribution in [0.3, 0.4) is 0 Å². The van der Waals surface area contributed by atoms with Crippen molar-refractivity contribution in [3.63, 3.8) is 0 Å². The van der Waals surface area contributed by atoms with Crippen LogP contribution in [0, 0.1) is 5.92 Å². The molecule has 0 radical (unpaired) electrons. The lowest BCUT2D eigenvalue weighted by atomic mass is 9.90. The fourth-order valence-electron chi connectivity index (χ4n) is 2.80. The number of aryl methyl sites for hydroxylation is 2. The predicted molar refractivity (Wildman–Crippen MR) is 67.1 cm³/mol. The lowest BCUT2D eigenvalue weighted by Crippen LogP contribution is -2.24. The normalized spacial score (nSPS) is 17.9. The van der Waals surface area contributed by atoms with Crippen molar-refractivity contribution in [2.24, 2.45) is 13.0 Å². The second-order valence-corrected chi connectivity index (χ2v) is 4.91. The first-order chi connectivity index (χ1) is 8.67. The van der Waals surface area contributed by atoms with Crippen LogP contribution in [0.5, 0.6) is 0 Å². The monoisotopic (exact) mass is 251 g/mol. The van der Waals surface area contributed by atoms with Crippen molar-refractivity contribution in [3.05, 3.63) is 11.6 Å². The van der Waals surface area contributed by atoms with E-state index in [-0.39, 0.29) is 11.9 Å². The van der Waals surface area contributed by atoms with Crippen LogP contribution in [0.15, 0.2) is 0 Å². The van der Waals surface area contributed by atoms with Crippen molar-refractivity contribution in [2.45, 2.75) is 44.9 Å². The Morgan fingerprint density at radius 3 is 2.67 bits per heavy atom. The van der Waals surface area contributed by atoms with Gasteiger partial charge in [-0.2, -0.15) is 5.10 Å². The molecule has 18 heavy (non-hydrogen) atoms.